The van der Waals surface area contributed by atoms with E-state index in [4.69, 9.17) is 16.3 Å². The van der Waals surface area contributed by atoms with Gasteiger partial charge in [-0.25, -0.2) is 4.79 Å². The third kappa shape index (κ3) is 4.54. The molecular formula is C17H15ClN2O5. The monoisotopic (exact) mass is 362 g/mol. The number of halogens is 1. The molecule has 0 aliphatic heterocycles. The number of rotatable bonds is 5. The van der Waals surface area contributed by atoms with Gasteiger partial charge in [-0.1, -0.05) is 17.7 Å². The van der Waals surface area contributed by atoms with Crippen LogP contribution in [0.15, 0.2) is 42.5 Å². The van der Waals surface area contributed by atoms with Gasteiger partial charge in [-0.3, -0.25) is 14.9 Å². The average Bonchev–Trinajstić information content (AvgIpc) is 2.56. The zero-order valence-electron chi connectivity index (χ0n) is 13.5. The Balaban J connectivity index is 2.07. The Kier molecular flexibility index (Phi) is 5.71. The van der Waals surface area contributed by atoms with Crippen molar-refractivity contribution in [3.8, 4) is 0 Å². The van der Waals surface area contributed by atoms with Gasteiger partial charge in [0.15, 0.2) is 6.10 Å². The SMILES string of the molecule is Cc1c(C(=O)O[C@@H](C)C(=O)Nc2ccc(Cl)cc2)cccc1[N+](=O)[O-]. The molecule has 0 bridgehead atoms. The minimum absolute atomic E-state index is 0.0420. The molecule has 25 heavy (non-hydrogen) atoms. The van der Waals surface area contributed by atoms with E-state index in [1.165, 1.54) is 32.0 Å². The lowest BCUT2D eigenvalue weighted by Gasteiger charge is -2.14. The van der Waals surface area contributed by atoms with E-state index in [0.29, 0.717) is 10.7 Å². The van der Waals surface area contributed by atoms with Gasteiger partial charge in [-0.15, -0.1) is 0 Å². The van der Waals surface area contributed by atoms with Gasteiger partial charge in [0.25, 0.3) is 11.6 Å². The van der Waals surface area contributed by atoms with Crippen LogP contribution in [0.2, 0.25) is 5.02 Å². The first kappa shape index (κ1) is 18.4. The lowest BCUT2D eigenvalue weighted by molar-refractivity contribution is -0.385. The first-order valence-corrected chi connectivity index (χ1v) is 7.69. The molecule has 8 heteroatoms. The van der Waals surface area contributed by atoms with Gasteiger partial charge >= 0.3 is 5.97 Å². The Morgan fingerprint density at radius 1 is 1.20 bits per heavy atom. The molecule has 1 N–H and O–H groups in total. The standard InChI is InChI=1S/C17H15ClN2O5/c1-10-14(4-3-5-15(10)20(23)24)17(22)25-11(2)16(21)19-13-8-6-12(18)7-9-13/h3-9,11H,1-2H3,(H,19,21)/t11-/m0/s1. The molecule has 1 atom stereocenters. The van der Waals surface area contributed by atoms with E-state index in [2.05, 4.69) is 5.32 Å². The molecule has 0 aliphatic carbocycles. The number of carbonyl (C=O) groups is 2. The molecular weight excluding hydrogens is 348 g/mol. The van der Waals surface area contributed by atoms with Crippen molar-refractivity contribution in [2.45, 2.75) is 20.0 Å². The molecule has 0 fully saturated rings. The van der Waals surface area contributed by atoms with Crippen molar-refractivity contribution in [2.24, 2.45) is 0 Å². The predicted molar refractivity (Wildman–Crippen MR) is 92.8 cm³/mol. The molecule has 0 saturated carbocycles. The second kappa shape index (κ2) is 7.76. The van der Waals surface area contributed by atoms with Crippen LogP contribution in [0.3, 0.4) is 0 Å². The van der Waals surface area contributed by atoms with E-state index in [-0.39, 0.29) is 16.8 Å². The Bertz CT molecular complexity index is 820. The highest BCUT2D eigenvalue weighted by Gasteiger charge is 2.23. The maximum absolute atomic E-state index is 12.2. The van der Waals surface area contributed by atoms with E-state index < -0.39 is 22.9 Å². The van der Waals surface area contributed by atoms with Gasteiger partial charge in [0.2, 0.25) is 0 Å². The van der Waals surface area contributed by atoms with Crippen LogP contribution >= 0.6 is 11.6 Å². The van der Waals surface area contributed by atoms with Crippen LogP contribution < -0.4 is 5.32 Å². The highest BCUT2D eigenvalue weighted by Crippen LogP contribution is 2.22. The molecule has 1 amide bonds. The molecule has 0 radical (unpaired) electrons. The number of nitro benzene ring substituents is 1. The summed E-state index contributed by atoms with van der Waals surface area (Å²) in [4.78, 5) is 34.7. The molecule has 2 aromatic rings. The van der Waals surface area contributed by atoms with E-state index in [1.54, 1.807) is 24.3 Å². The van der Waals surface area contributed by atoms with Crippen LogP contribution in [-0.4, -0.2) is 22.9 Å². The van der Waals surface area contributed by atoms with Gasteiger partial charge < -0.3 is 10.1 Å². The summed E-state index contributed by atoms with van der Waals surface area (Å²) in [6.45, 7) is 2.86. The second-order valence-corrected chi connectivity index (χ2v) is 5.69. The maximum atomic E-state index is 12.2. The summed E-state index contributed by atoms with van der Waals surface area (Å²) in [7, 11) is 0. The minimum atomic E-state index is -1.08. The van der Waals surface area contributed by atoms with Crippen molar-refractivity contribution in [3.63, 3.8) is 0 Å². The fourth-order valence-corrected chi connectivity index (χ4v) is 2.22. The first-order chi connectivity index (χ1) is 11.8. The molecule has 2 aromatic carbocycles. The Morgan fingerprint density at radius 2 is 1.84 bits per heavy atom. The second-order valence-electron chi connectivity index (χ2n) is 5.25. The van der Waals surface area contributed by atoms with Gasteiger partial charge in [-0.2, -0.15) is 0 Å². The number of nitrogens with zero attached hydrogens (tertiary/aromatic N) is 1. The summed E-state index contributed by atoms with van der Waals surface area (Å²) in [5.41, 5.74) is 0.541. The Labute approximate surface area is 148 Å². The average molecular weight is 363 g/mol. The molecule has 0 spiro atoms. The molecule has 2 rings (SSSR count). The number of hydrogen-bond donors (Lipinski definition) is 1. The van der Waals surface area contributed by atoms with Gasteiger partial charge in [-0.05, 0) is 44.2 Å². The van der Waals surface area contributed by atoms with Gasteiger partial charge in [0.1, 0.15) is 0 Å². The van der Waals surface area contributed by atoms with Crippen molar-refractivity contribution in [2.75, 3.05) is 5.32 Å². The fraction of sp³-hybridized carbons (Fsp3) is 0.176. The minimum Gasteiger partial charge on any atom is -0.449 e. The van der Waals surface area contributed by atoms with Crippen LogP contribution in [0.25, 0.3) is 0 Å². The normalized spacial score (nSPS) is 11.5. The van der Waals surface area contributed by atoms with E-state index in [9.17, 15) is 19.7 Å². The fourth-order valence-electron chi connectivity index (χ4n) is 2.10. The van der Waals surface area contributed by atoms with Crippen molar-refractivity contribution >= 4 is 34.9 Å². The van der Waals surface area contributed by atoms with E-state index in [0.717, 1.165) is 0 Å². The molecule has 0 aromatic heterocycles. The lowest BCUT2D eigenvalue weighted by atomic mass is 10.1. The van der Waals surface area contributed by atoms with Crippen molar-refractivity contribution < 1.29 is 19.2 Å². The zero-order valence-corrected chi connectivity index (χ0v) is 14.2. The van der Waals surface area contributed by atoms with Crippen LogP contribution in [0.4, 0.5) is 11.4 Å². The number of carbonyl (C=O) groups excluding carboxylic acids is 2. The molecule has 0 saturated heterocycles. The number of nitrogens with one attached hydrogen (secondary N) is 1. The summed E-state index contributed by atoms with van der Waals surface area (Å²) < 4.78 is 5.11. The summed E-state index contributed by atoms with van der Waals surface area (Å²) >= 11 is 5.77. The molecule has 130 valence electrons. The number of amides is 1. The van der Waals surface area contributed by atoms with Crippen molar-refractivity contribution in [1.82, 2.24) is 0 Å². The molecule has 7 nitrogen and oxygen atoms in total. The number of nitro groups is 1. The third-order valence-corrected chi connectivity index (χ3v) is 3.74. The van der Waals surface area contributed by atoms with Crippen LogP contribution in [0.5, 0.6) is 0 Å². The highest BCUT2D eigenvalue weighted by atomic mass is 35.5. The first-order valence-electron chi connectivity index (χ1n) is 7.31. The topological polar surface area (TPSA) is 98.5 Å². The van der Waals surface area contributed by atoms with Gasteiger partial charge in [0, 0.05) is 22.3 Å². The zero-order chi connectivity index (χ0) is 18.6. The summed E-state index contributed by atoms with van der Waals surface area (Å²) in [6, 6.07) is 10.5. The summed E-state index contributed by atoms with van der Waals surface area (Å²) in [6.07, 6.45) is -1.08. The molecule has 0 unspecified atom stereocenters. The number of benzene rings is 2. The Hall–Kier alpha value is -2.93. The van der Waals surface area contributed by atoms with Crippen LogP contribution in [0.1, 0.15) is 22.8 Å². The number of hydrogen-bond acceptors (Lipinski definition) is 5. The number of ether oxygens (including phenoxy) is 1. The lowest BCUT2D eigenvalue weighted by Crippen LogP contribution is -2.30. The van der Waals surface area contributed by atoms with Crippen LogP contribution in [0, 0.1) is 17.0 Å². The predicted octanol–water partition coefficient (Wildman–Crippen LogP) is 3.74. The Morgan fingerprint density at radius 3 is 2.44 bits per heavy atom. The summed E-state index contributed by atoms with van der Waals surface area (Å²) in [5, 5.41) is 14.0. The van der Waals surface area contributed by atoms with Gasteiger partial charge in [0.05, 0.1) is 10.5 Å². The smallest absolute Gasteiger partial charge is 0.339 e. The highest BCUT2D eigenvalue weighted by molar-refractivity contribution is 6.30. The number of anilines is 1. The van der Waals surface area contributed by atoms with Crippen LogP contribution in [-0.2, 0) is 9.53 Å². The summed E-state index contributed by atoms with van der Waals surface area (Å²) in [5.74, 6) is -1.33. The van der Waals surface area contributed by atoms with Crippen molar-refractivity contribution in [1.29, 1.82) is 0 Å². The largest absolute Gasteiger partial charge is 0.449 e. The van der Waals surface area contributed by atoms with E-state index in [1.807, 2.05) is 0 Å². The number of esters is 1. The van der Waals surface area contributed by atoms with E-state index >= 15 is 0 Å². The third-order valence-electron chi connectivity index (χ3n) is 3.49. The van der Waals surface area contributed by atoms with Crippen molar-refractivity contribution in [3.05, 3.63) is 68.7 Å². The maximum Gasteiger partial charge on any atom is 0.339 e. The molecule has 0 aliphatic rings. The quantitative estimate of drug-likeness (QED) is 0.496. The molecule has 0 heterocycles.